The molecule has 0 amide bonds. The van der Waals surface area contributed by atoms with Crippen molar-refractivity contribution in [1.29, 1.82) is 0 Å². The molecule has 0 spiro atoms. The Kier molecular flexibility index (Phi) is 5.84. The largest absolute Gasteiger partial charge is 0.478 e. The normalized spacial score (nSPS) is 12.6. The minimum Gasteiger partial charge on any atom is -0.478 e. The van der Waals surface area contributed by atoms with Gasteiger partial charge in [-0.2, -0.15) is 0 Å². The van der Waals surface area contributed by atoms with Gasteiger partial charge in [0, 0.05) is 29.8 Å². The molecule has 0 fully saturated rings. The van der Waals surface area contributed by atoms with Crippen LogP contribution >= 0.6 is 0 Å². The lowest BCUT2D eigenvalue weighted by Crippen LogP contribution is -2.15. The first-order valence-corrected chi connectivity index (χ1v) is 9.03. The number of aryl methyl sites for hydroxylation is 2. The van der Waals surface area contributed by atoms with Gasteiger partial charge in [0.1, 0.15) is 0 Å². The highest BCUT2D eigenvalue weighted by atomic mass is 16.4. The van der Waals surface area contributed by atoms with Crippen molar-refractivity contribution < 1.29 is 15.1 Å². The number of nitrogens with zero attached hydrogens (tertiary/aromatic N) is 2. The molecule has 0 unspecified atom stereocenters. The topological polar surface area (TPSA) is 82.8 Å². The molecular formula is C23H22N2O3. The van der Waals surface area contributed by atoms with E-state index in [1.165, 1.54) is 0 Å². The Morgan fingerprint density at radius 2 is 1.71 bits per heavy atom. The maximum absolute atomic E-state index is 11.8. The zero-order valence-corrected chi connectivity index (χ0v) is 15.8. The second-order valence-electron chi connectivity index (χ2n) is 6.74. The van der Waals surface area contributed by atoms with Crippen LogP contribution in [-0.2, 0) is 0 Å². The molecule has 142 valence electrons. The van der Waals surface area contributed by atoms with Crippen LogP contribution in [0.5, 0.6) is 0 Å². The van der Waals surface area contributed by atoms with Crippen molar-refractivity contribution in [2.24, 2.45) is 5.16 Å². The highest BCUT2D eigenvalue weighted by Gasteiger charge is 2.24. The van der Waals surface area contributed by atoms with Crippen LogP contribution in [0, 0.1) is 13.8 Å². The van der Waals surface area contributed by atoms with Crippen LogP contribution in [0.3, 0.4) is 0 Å². The zero-order valence-electron chi connectivity index (χ0n) is 15.8. The summed E-state index contributed by atoms with van der Waals surface area (Å²) in [7, 11) is 0. The molecule has 5 nitrogen and oxygen atoms in total. The van der Waals surface area contributed by atoms with Gasteiger partial charge in [0.2, 0.25) is 0 Å². The summed E-state index contributed by atoms with van der Waals surface area (Å²) in [5, 5.41) is 22.9. The molecule has 0 radical (unpaired) electrons. The smallest absolute Gasteiger partial charge is 0.335 e. The van der Waals surface area contributed by atoms with Gasteiger partial charge in [0.05, 0.1) is 11.3 Å². The fourth-order valence-corrected chi connectivity index (χ4v) is 3.50. The summed E-state index contributed by atoms with van der Waals surface area (Å²) in [5.41, 5.74) is 5.06. The van der Waals surface area contributed by atoms with E-state index < -0.39 is 5.97 Å². The number of hydrogen-bond donors (Lipinski definition) is 2. The van der Waals surface area contributed by atoms with Crippen molar-refractivity contribution in [2.75, 3.05) is 0 Å². The van der Waals surface area contributed by atoms with Gasteiger partial charge in [-0.15, -0.1) is 0 Å². The minimum absolute atomic E-state index is 0.249. The third-order valence-electron chi connectivity index (χ3n) is 4.88. The van der Waals surface area contributed by atoms with E-state index in [1.807, 2.05) is 56.3 Å². The van der Waals surface area contributed by atoms with Gasteiger partial charge >= 0.3 is 5.97 Å². The first-order valence-electron chi connectivity index (χ1n) is 9.03. The number of benzene rings is 2. The van der Waals surface area contributed by atoms with Gasteiger partial charge in [-0.05, 0) is 48.7 Å². The third-order valence-corrected chi connectivity index (χ3v) is 4.88. The van der Waals surface area contributed by atoms with Crippen LogP contribution in [0.15, 0.2) is 72.0 Å². The number of carboxylic acid groups (broad SMARTS) is 1. The van der Waals surface area contributed by atoms with E-state index in [0.717, 1.165) is 22.4 Å². The number of aromatic nitrogens is 1. The molecule has 0 aliphatic carbocycles. The zero-order chi connectivity index (χ0) is 20.1. The van der Waals surface area contributed by atoms with Crippen molar-refractivity contribution in [2.45, 2.75) is 26.2 Å². The maximum Gasteiger partial charge on any atom is 0.335 e. The number of pyridine rings is 1. The Labute approximate surface area is 164 Å². The average molecular weight is 374 g/mol. The summed E-state index contributed by atoms with van der Waals surface area (Å²) in [6.45, 7) is 3.87. The van der Waals surface area contributed by atoms with E-state index in [1.54, 1.807) is 24.4 Å². The molecule has 1 atom stereocenters. The first-order chi connectivity index (χ1) is 13.5. The molecule has 0 aliphatic rings. The van der Waals surface area contributed by atoms with Crippen LogP contribution in [0.2, 0.25) is 0 Å². The van der Waals surface area contributed by atoms with Gasteiger partial charge in [0.15, 0.2) is 0 Å². The second-order valence-corrected chi connectivity index (χ2v) is 6.74. The average Bonchev–Trinajstić information content (AvgIpc) is 2.70. The predicted molar refractivity (Wildman–Crippen MR) is 108 cm³/mol. The molecule has 3 aromatic rings. The van der Waals surface area contributed by atoms with Crippen LogP contribution in [0.4, 0.5) is 0 Å². The molecular weight excluding hydrogens is 352 g/mol. The monoisotopic (exact) mass is 374 g/mol. The molecule has 0 aliphatic heterocycles. The molecule has 5 heteroatoms. The number of carbonyl (C=O) groups is 1. The maximum atomic E-state index is 11.8. The second kappa shape index (κ2) is 8.48. The Hall–Kier alpha value is -3.47. The molecule has 0 saturated heterocycles. The Bertz CT molecular complexity index is 1030. The third kappa shape index (κ3) is 4.09. The molecule has 2 aromatic carbocycles. The quantitative estimate of drug-likeness (QED) is 0.369. The predicted octanol–water partition coefficient (Wildman–Crippen LogP) is 4.80. The van der Waals surface area contributed by atoms with Crippen LogP contribution in [-0.4, -0.2) is 27.0 Å². The summed E-state index contributed by atoms with van der Waals surface area (Å²) in [6, 6.07) is 18.5. The molecule has 2 N–H and O–H groups in total. The number of carboxylic acids is 1. The van der Waals surface area contributed by atoms with E-state index in [0.29, 0.717) is 17.7 Å². The van der Waals surface area contributed by atoms with Crippen LogP contribution < -0.4 is 0 Å². The lowest BCUT2D eigenvalue weighted by Gasteiger charge is -2.22. The Morgan fingerprint density at radius 1 is 1.04 bits per heavy atom. The summed E-state index contributed by atoms with van der Waals surface area (Å²) in [6.07, 6.45) is 2.03. The Morgan fingerprint density at radius 3 is 2.36 bits per heavy atom. The van der Waals surface area contributed by atoms with E-state index in [-0.39, 0.29) is 11.5 Å². The van der Waals surface area contributed by atoms with E-state index in [4.69, 9.17) is 0 Å². The highest BCUT2D eigenvalue weighted by molar-refractivity contribution is 6.01. The van der Waals surface area contributed by atoms with Gasteiger partial charge in [-0.3, -0.25) is 4.98 Å². The van der Waals surface area contributed by atoms with E-state index in [9.17, 15) is 15.1 Å². The van der Waals surface area contributed by atoms with Gasteiger partial charge in [-0.25, -0.2) is 4.79 Å². The minimum atomic E-state index is -0.976. The van der Waals surface area contributed by atoms with Crippen molar-refractivity contribution in [3.05, 3.63) is 100 Å². The van der Waals surface area contributed by atoms with Crippen molar-refractivity contribution in [3.8, 4) is 0 Å². The van der Waals surface area contributed by atoms with E-state index >= 15 is 0 Å². The standard InChI is InChI=1S/C23H22N2O3/c1-15-7-3-4-8-18(15)21(19-9-5-6-10-20(19)23(26)27)14-22(25-28)17-11-12-24-16(2)13-17/h3-13,21,28H,14H2,1-2H3,(H,26,27)/b25-22-/t21-/m1/s1. The highest BCUT2D eigenvalue weighted by Crippen LogP contribution is 2.34. The molecule has 1 heterocycles. The van der Waals surface area contributed by atoms with Crippen molar-refractivity contribution >= 4 is 11.7 Å². The van der Waals surface area contributed by atoms with Crippen molar-refractivity contribution in [1.82, 2.24) is 4.98 Å². The molecule has 0 saturated carbocycles. The SMILES string of the molecule is Cc1cc(/C(C[C@H](c2ccccc2C)c2ccccc2C(=O)O)=N\O)ccn1. The Balaban J connectivity index is 2.13. The first kappa shape index (κ1) is 19.3. The molecule has 3 rings (SSSR count). The van der Waals surface area contributed by atoms with Gasteiger partial charge in [-0.1, -0.05) is 47.6 Å². The van der Waals surface area contributed by atoms with Gasteiger partial charge in [0.25, 0.3) is 0 Å². The summed E-state index contributed by atoms with van der Waals surface area (Å²) < 4.78 is 0. The molecule has 28 heavy (non-hydrogen) atoms. The fourth-order valence-electron chi connectivity index (χ4n) is 3.50. The summed E-state index contributed by atoms with van der Waals surface area (Å²) in [5.74, 6) is -1.25. The van der Waals surface area contributed by atoms with Crippen LogP contribution in [0.1, 0.15) is 50.6 Å². The van der Waals surface area contributed by atoms with Crippen molar-refractivity contribution in [3.63, 3.8) is 0 Å². The number of rotatable bonds is 6. The molecule has 0 bridgehead atoms. The fraction of sp³-hybridized carbons (Fsp3) is 0.174. The van der Waals surface area contributed by atoms with Gasteiger partial charge < -0.3 is 10.3 Å². The summed E-state index contributed by atoms with van der Waals surface area (Å²) >= 11 is 0. The number of oxime groups is 1. The number of hydrogen-bond acceptors (Lipinski definition) is 4. The lowest BCUT2D eigenvalue weighted by atomic mass is 9.81. The van der Waals surface area contributed by atoms with E-state index in [2.05, 4.69) is 10.1 Å². The summed E-state index contributed by atoms with van der Waals surface area (Å²) in [4.78, 5) is 16.0. The number of aromatic carboxylic acids is 1. The lowest BCUT2D eigenvalue weighted by molar-refractivity contribution is 0.0695. The van der Waals surface area contributed by atoms with Crippen LogP contribution in [0.25, 0.3) is 0 Å². The molecule has 1 aromatic heterocycles.